The molecule has 1 aromatic rings. The van der Waals surface area contributed by atoms with Gasteiger partial charge in [-0.3, -0.25) is 4.79 Å². The molecule has 0 saturated carbocycles. The van der Waals surface area contributed by atoms with Gasteiger partial charge in [-0.25, -0.2) is 0 Å². The lowest BCUT2D eigenvalue weighted by Gasteiger charge is -1.93. The van der Waals surface area contributed by atoms with Gasteiger partial charge >= 0.3 is 0 Å². The Morgan fingerprint density at radius 3 is 2.77 bits per heavy atom. The van der Waals surface area contributed by atoms with Gasteiger partial charge < -0.3 is 0 Å². The molecule has 1 nitrogen and oxygen atoms in total. The Hall–Kier alpha value is -0.490. The van der Waals surface area contributed by atoms with Crippen LogP contribution in [0.5, 0.6) is 0 Å². The highest BCUT2D eigenvalue weighted by Crippen LogP contribution is 2.31. The molecule has 0 atom stereocenters. The molecule has 0 spiro atoms. The van der Waals surface area contributed by atoms with E-state index < -0.39 is 0 Å². The number of carbonyl (C=O) groups excluding carboxylic acids is 1. The number of hydrogen-bond acceptors (Lipinski definition) is 2. The van der Waals surface area contributed by atoms with Gasteiger partial charge in [-0.05, 0) is 6.07 Å². The summed E-state index contributed by atoms with van der Waals surface area (Å²) in [6, 6.07) is 1.58. The predicted octanol–water partition coefficient (Wildman–Crippen LogP) is 3.65. The number of Topliss-reactive ketones (excluding diaryl/α,β-unsaturated/α-hetero) is 1. The zero-order valence-electron chi connectivity index (χ0n) is 6.64. The second kappa shape index (κ2) is 4.66. The third kappa shape index (κ3) is 2.73. The van der Waals surface area contributed by atoms with E-state index in [1.54, 1.807) is 6.07 Å². The van der Waals surface area contributed by atoms with Crippen molar-refractivity contribution < 1.29 is 4.79 Å². The molecule has 1 rings (SSSR count). The fourth-order valence-electron chi connectivity index (χ4n) is 0.851. The zero-order chi connectivity index (χ0) is 9.84. The molecule has 0 fully saturated rings. The Morgan fingerprint density at radius 1 is 1.62 bits per heavy atom. The van der Waals surface area contributed by atoms with Crippen LogP contribution in [-0.2, 0) is 0 Å². The summed E-state index contributed by atoms with van der Waals surface area (Å²) < 4.78 is 0.959. The van der Waals surface area contributed by atoms with Crippen LogP contribution in [0.3, 0.4) is 0 Å². The molecule has 0 unspecified atom stereocenters. The predicted molar refractivity (Wildman–Crippen MR) is 56.7 cm³/mol. The Balaban J connectivity index is 2.78. The van der Waals surface area contributed by atoms with E-state index in [0.717, 1.165) is 0 Å². The second-order valence-electron chi connectivity index (χ2n) is 2.37. The Kier molecular flexibility index (Phi) is 3.80. The number of rotatable bonds is 3. The lowest BCUT2D eigenvalue weighted by Crippen LogP contribution is -1.96. The molecule has 68 valence electrons. The van der Waals surface area contributed by atoms with Crippen molar-refractivity contribution in [1.29, 1.82) is 0 Å². The van der Waals surface area contributed by atoms with E-state index in [0.29, 0.717) is 27.1 Å². The van der Waals surface area contributed by atoms with Crippen LogP contribution in [0.25, 0.3) is 0 Å². The summed E-state index contributed by atoms with van der Waals surface area (Å²) in [4.78, 5) is 11.4. The average Bonchev–Trinajstić information content (AvgIpc) is 2.41. The van der Waals surface area contributed by atoms with Crippen LogP contribution in [0.1, 0.15) is 23.2 Å². The first-order valence-corrected chi connectivity index (χ1v) is 5.14. The number of terminal acetylenes is 1. The first kappa shape index (κ1) is 10.6. The van der Waals surface area contributed by atoms with Crippen molar-refractivity contribution in [2.24, 2.45) is 0 Å². The van der Waals surface area contributed by atoms with E-state index in [9.17, 15) is 4.79 Å². The van der Waals surface area contributed by atoms with Crippen molar-refractivity contribution in [1.82, 2.24) is 0 Å². The molecule has 1 heterocycles. The maximum atomic E-state index is 11.4. The maximum absolute atomic E-state index is 11.4. The van der Waals surface area contributed by atoms with Crippen molar-refractivity contribution in [3.63, 3.8) is 0 Å². The third-order valence-electron chi connectivity index (χ3n) is 1.45. The van der Waals surface area contributed by atoms with E-state index in [4.69, 9.17) is 29.6 Å². The van der Waals surface area contributed by atoms with Gasteiger partial charge in [-0.15, -0.1) is 23.7 Å². The summed E-state index contributed by atoms with van der Waals surface area (Å²) in [6.45, 7) is 0. The van der Waals surface area contributed by atoms with E-state index >= 15 is 0 Å². The highest BCUT2D eigenvalue weighted by molar-refractivity contribution is 7.20. The summed E-state index contributed by atoms with van der Waals surface area (Å²) in [5, 5.41) is 0. The van der Waals surface area contributed by atoms with Crippen LogP contribution in [0.2, 0.25) is 8.67 Å². The molecule has 0 radical (unpaired) electrons. The largest absolute Gasteiger partial charge is 0.294 e. The van der Waals surface area contributed by atoms with Crippen molar-refractivity contribution >= 4 is 40.3 Å². The fraction of sp³-hybridized carbons (Fsp3) is 0.222. The first-order valence-electron chi connectivity index (χ1n) is 3.56. The molecule has 0 saturated heterocycles. The van der Waals surface area contributed by atoms with E-state index in [2.05, 4.69) is 5.92 Å². The third-order valence-corrected chi connectivity index (χ3v) is 2.94. The number of carbonyl (C=O) groups is 1. The minimum atomic E-state index is -0.0499. The summed E-state index contributed by atoms with van der Waals surface area (Å²) in [6.07, 6.45) is 5.80. The topological polar surface area (TPSA) is 17.1 Å². The fourth-order valence-corrected chi connectivity index (χ4v) is 2.35. The first-order chi connectivity index (χ1) is 6.15. The molecule has 0 aliphatic heterocycles. The summed E-state index contributed by atoms with van der Waals surface area (Å²) in [7, 11) is 0. The normalized spacial score (nSPS) is 9.62. The summed E-state index contributed by atoms with van der Waals surface area (Å²) >= 11 is 12.7. The Morgan fingerprint density at radius 2 is 2.31 bits per heavy atom. The van der Waals surface area contributed by atoms with Gasteiger partial charge in [0.15, 0.2) is 5.78 Å². The molecule has 0 aliphatic carbocycles. The van der Waals surface area contributed by atoms with Gasteiger partial charge in [0.1, 0.15) is 4.34 Å². The van der Waals surface area contributed by atoms with Crippen molar-refractivity contribution in [3.8, 4) is 12.3 Å². The van der Waals surface area contributed by atoms with Crippen LogP contribution >= 0.6 is 34.5 Å². The van der Waals surface area contributed by atoms with Crippen molar-refractivity contribution in [2.45, 2.75) is 12.8 Å². The minimum absolute atomic E-state index is 0.0499. The monoisotopic (exact) mass is 232 g/mol. The molecule has 0 bridgehead atoms. The van der Waals surface area contributed by atoms with Gasteiger partial charge in [0.25, 0.3) is 0 Å². The molecule has 0 aliphatic rings. The molecule has 4 heteroatoms. The van der Waals surface area contributed by atoms with Crippen molar-refractivity contribution in [2.75, 3.05) is 0 Å². The van der Waals surface area contributed by atoms with Gasteiger partial charge in [0.2, 0.25) is 0 Å². The highest BCUT2D eigenvalue weighted by atomic mass is 35.5. The molecule has 0 N–H and O–H groups in total. The standard InChI is InChI=1S/C9H6Cl2OS/c1-2-3-4-7(12)6-5-8(10)13-9(6)11/h1,5H,3-4H2. The molecule has 13 heavy (non-hydrogen) atoms. The minimum Gasteiger partial charge on any atom is -0.294 e. The van der Waals surface area contributed by atoms with E-state index in [1.165, 1.54) is 11.3 Å². The van der Waals surface area contributed by atoms with Crippen LogP contribution in [0.15, 0.2) is 6.07 Å². The molecule has 1 aromatic heterocycles. The van der Waals surface area contributed by atoms with Gasteiger partial charge in [0, 0.05) is 18.4 Å². The number of thiophene rings is 1. The van der Waals surface area contributed by atoms with Crippen LogP contribution in [0.4, 0.5) is 0 Å². The Labute approximate surface area is 90.7 Å². The van der Waals surface area contributed by atoms with Crippen LogP contribution in [0, 0.1) is 12.3 Å². The SMILES string of the molecule is C#CCCC(=O)c1cc(Cl)sc1Cl. The van der Waals surface area contributed by atoms with Gasteiger partial charge in [0.05, 0.1) is 4.34 Å². The van der Waals surface area contributed by atoms with Gasteiger partial charge in [-0.1, -0.05) is 23.2 Å². The second-order valence-corrected chi connectivity index (χ2v) is 4.65. The number of halogens is 2. The molecular formula is C9H6Cl2OS. The van der Waals surface area contributed by atoms with Crippen molar-refractivity contribution in [3.05, 3.63) is 20.3 Å². The lowest BCUT2D eigenvalue weighted by molar-refractivity contribution is 0.0985. The highest BCUT2D eigenvalue weighted by Gasteiger charge is 2.12. The van der Waals surface area contributed by atoms with Gasteiger partial charge in [-0.2, -0.15) is 0 Å². The Bertz CT molecular complexity index is 362. The number of hydrogen-bond donors (Lipinski definition) is 0. The van der Waals surface area contributed by atoms with Crippen LogP contribution in [-0.4, -0.2) is 5.78 Å². The lowest BCUT2D eigenvalue weighted by atomic mass is 10.1. The van der Waals surface area contributed by atoms with E-state index in [1.807, 2.05) is 0 Å². The quantitative estimate of drug-likeness (QED) is 0.575. The zero-order valence-corrected chi connectivity index (χ0v) is 8.97. The summed E-state index contributed by atoms with van der Waals surface area (Å²) in [5.74, 6) is 2.35. The smallest absolute Gasteiger partial charge is 0.166 e. The maximum Gasteiger partial charge on any atom is 0.166 e. The van der Waals surface area contributed by atoms with E-state index in [-0.39, 0.29) is 5.78 Å². The molecular weight excluding hydrogens is 227 g/mol. The summed E-state index contributed by atoms with van der Waals surface area (Å²) in [5.41, 5.74) is 0.479. The molecule has 0 aromatic carbocycles. The number of ketones is 1. The molecule has 0 amide bonds. The van der Waals surface area contributed by atoms with Crippen LogP contribution < -0.4 is 0 Å². The average molecular weight is 233 g/mol.